The van der Waals surface area contributed by atoms with Crippen LogP contribution in [-0.4, -0.2) is 16.5 Å². The molecule has 0 saturated heterocycles. The van der Waals surface area contributed by atoms with Crippen molar-refractivity contribution in [1.82, 2.24) is 0 Å². The van der Waals surface area contributed by atoms with Crippen LogP contribution in [0, 0.1) is 10.1 Å². The second kappa shape index (κ2) is 3.77. The second-order valence-corrected chi connectivity index (χ2v) is 1.40. The molecule has 0 spiro atoms. The summed E-state index contributed by atoms with van der Waals surface area (Å²) in [5.74, 6) is 0. The SMILES string of the molecule is O=[N+]([O-])OPCO. The summed E-state index contributed by atoms with van der Waals surface area (Å²) >= 11 is 0. The van der Waals surface area contributed by atoms with Crippen LogP contribution < -0.4 is 0 Å². The molecule has 0 rings (SSSR count). The summed E-state index contributed by atoms with van der Waals surface area (Å²) in [7, 11) is -0.448. The van der Waals surface area contributed by atoms with E-state index in [1.807, 2.05) is 0 Å². The van der Waals surface area contributed by atoms with Crippen molar-refractivity contribution in [2.45, 2.75) is 0 Å². The molecule has 0 aromatic rings. The minimum atomic E-state index is -0.936. The van der Waals surface area contributed by atoms with Crippen LogP contribution in [0.4, 0.5) is 0 Å². The Kier molecular flexibility index (Phi) is 3.55. The number of hydrogen-bond acceptors (Lipinski definition) is 4. The highest BCUT2D eigenvalue weighted by Crippen LogP contribution is 2.06. The lowest BCUT2D eigenvalue weighted by atomic mass is 11.7. The van der Waals surface area contributed by atoms with Gasteiger partial charge in [0.2, 0.25) is 0 Å². The van der Waals surface area contributed by atoms with Crippen LogP contribution in [0.3, 0.4) is 0 Å². The Balaban J connectivity index is 2.82. The van der Waals surface area contributed by atoms with E-state index in [1.165, 1.54) is 0 Å². The molecule has 1 unspecified atom stereocenters. The van der Waals surface area contributed by atoms with Gasteiger partial charge in [-0.25, -0.2) is 0 Å². The van der Waals surface area contributed by atoms with E-state index >= 15 is 0 Å². The molecule has 1 atom stereocenters. The van der Waals surface area contributed by atoms with Gasteiger partial charge in [-0.2, -0.15) is 0 Å². The van der Waals surface area contributed by atoms with Gasteiger partial charge in [0.1, 0.15) is 0 Å². The quantitative estimate of drug-likeness (QED) is 0.320. The Labute approximate surface area is 41.3 Å². The summed E-state index contributed by atoms with van der Waals surface area (Å²) in [5.41, 5.74) is 0. The van der Waals surface area contributed by atoms with Crippen LogP contribution in [0.15, 0.2) is 0 Å². The molecule has 0 amide bonds. The first-order valence-corrected chi connectivity index (χ1v) is 2.54. The smallest absolute Gasteiger partial charge is 0.297 e. The molecule has 0 aromatic carbocycles. The van der Waals surface area contributed by atoms with Crippen molar-refractivity contribution in [2.75, 3.05) is 6.35 Å². The third-order valence-electron chi connectivity index (χ3n) is 0.204. The molecule has 0 aliphatic carbocycles. The van der Waals surface area contributed by atoms with Gasteiger partial charge in [0, 0.05) is 0 Å². The number of aliphatic hydroxyl groups excluding tert-OH is 1. The largest absolute Gasteiger partial charge is 0.390 e. The first-order valence-electron chi connectivity index (χ1n) is 1.42. The molecular formula is CH4NO4P. The zero-order chi connectivity index (χ0) is 5.70. The summed E-state index contributed by atoms with van der Waals surface area (Å²) in [6.45, 7) is 0. The fourth-order valence-corrected chi connectivity index (χ4v) is 0.245. The summed E-state index contributed by atoms with van der Waals surface area (Å²) in [4.78, 5) is 9.24. The van der Waals surface area contributed by atoms with Gasteiger partial charge in [-0.05, 0) is 0 Å². The lowest BCUT2D eigenvalue weighted by Gasteiger charge is -1.88. The molecule has 0 saturated carbocycles. The lowest BCUT2D eigenvalue weighted by molar-refractivity contribution is -0.710. The predicted octanol–water partition coefficient (Wildman–Crippen LogP) is -0.262. The molecule has 0 aromatic heterocycles. The maximum absolute atomic E-state index is 9.24. The van der Waals surface area contributed by atoms with E-state index in [0.29, 0.717) is 0 Å². The molecule has 0 aliphatic heterocycles. The molecule has 0 heterocycles. The van der Waals surface area contributed by atoms with Crippen LogP contribution in [-0.2, 0) is 4.62 Å². The predicted molar refractivity (Wildman–Crippen MR) is 23.5 cm³/mol. The topological polar surface area (TPSA) is 72.6 Å². The Morgan fingerprint density at radius 3 is 2.71 bits per heavy atom. The van der Waals surface area contributed by atoms with Crippen molar-refractivity contribution in [3.05, 3.63) is 10.1 Å². The number of hydrogen-bond donors (Lipinski definition) is 1. The van der Waals surface area contributed by atoms with Crippen molar-refractivity contribution in [1.29, 1.82) is 0 Å². The van der Waals surface area contributed by atoms with E-state index in [-0.39, 0.29) is 6.35 Å². The van der Waals surface area contributed by atoms with E-state index in [0.717, 1.165) is 0 Å². The first-order chi connectivity index (χ1) is 3.27. The minimum absolute atomic E-state index is 0.291. The fourth-order valence-electron chi connectivity index (χ4n) is 0.0816. The van der Waals surface area contributed by atoms with Crippen LogP contribution in [0.2, 0.25) is 0 Å². The third-order valence-corrected chi connectivity index (χ3v) is 0.611. The number of nitrogens with zero attached hydrogens (tertiary/aromatic N) is 1. The summed E-state index contributed by atoms with van der Waals surface area (Å²) in [6.07, 6.45) is -0.291. The molecule has 42 valence electrons. The zero-order valence-electron chi connectivity index (χ0n) is 3.33. The minimum Gasteiger partial charge on any atom is -0.390 e. The monoisotopic (exact) mass is 125 g/mol. The first kappa shape index (κ1) is 6.59. The van der Waals surface area contributed by atoms with E-state index in [4.69, 9.17) is 5.11 Å². The highest BCUT2D eigenvalue weighted by molar-refractivity contribution is 7.31. The Bertz CT molecular complexity index is 64.7. The normalized spacial score (nSPS) is 9.86. The summed E-state index contributed by atoms with van der Waals surface area (Å²) in [6, 6.07) is 0. The Hall–Kier alpha value is -0.410. The van der Waals surface area contributed by atoms with Crippen molar-refractivity contribution >= 4 is 8.81 Å². The highest BCUT2D eigenvalue weighted by Gasteiger charge is 1.88. The molecule has 6 heteroatoms. The van der Waals surface area contributed by atoms with Crippen molar-refractivity contribution < 1.29 is 14.8 Å². The number of aliphatic hydroxyl groups is 1. The fraction of sp³-hybridized carbons (Fsp3) is 1.00. The average molecular weight is 125 g/mol. The van der Waals surface area contributed by atoms with Crippen LogP contribution in [0.25, 0.3) is 0 Å². The standard InChI is InChI=1S/CH4NO4P/c3-1-7-6-2(4)5/h3,7H,1H2. The maximum atomic E-state index is 9.24. The van der Waals surface area contributed by atoms with Gasteiger partial charge >= 0.3 is 0 Å². The van der Waals surface area contributed by atoms with Crippen molar-refractivity contribution in [2.24, 2.45) is 0 Å². The third kappa shape index (κ3) is 5.59. The summed E-state index contributed by atoms with van der Waals surface area (Å²) < 4.78 is 3.69. The maximum Gasteiger partial charge on any atom is 0.297 e. The lowest BCUT2D eigenvalue weighted by Crippen LogP contribution is -1.90. The summed E-state index contributed by atoms with van der Waals surface area (Å²) in [5, 5.41) is 16.2. The van der Waals surface area contributed by atoms with Gasteiger partial charge in [-0.15, -0.1) is 10.1 Å². The van der Waals surface area contributed by atoms with E-state index in [1.54, 1.807) is 0 Å². The van der Waals surface area contributed by atoms with Crippen LogP contribution in [0.1, 0.15) is 0 Å². The van der Waals surface area contributed by atoms with Crippen LogP contribution >= 0.6 is 8.81 Å². The molecule has 0 fully saturated rings. The molecule has 0 aliphatic rings. The molecule has 0 radical (unpaired) electrons. The van der Waals surface area contributed by atoms with E-state index in [2.05, 4.69) is 4.62 Å². The van der Waals surface area contributed by atoms with Gasteiger partial charge in [0.25, 0.3) is 5.09 Å². The van der Waals surface area contributed by atoms with Crippen molar-refractivity contribution in [3.63, 3.8) is 0 Å². The molecule has 0 bridgehead atoms. The second-order valence-electron chi connectivity index (χ2n) is 0.617. The van der Waals surface area contributed by atoms with Gasteiger partial charge in [0.05, 0.1) is 15.2 Å². The van der Waals surface area contributed by atoms with Gasteiger partial charge < -0.3 is 5.11 Å². The molecular weight excluding hydrogens is 121 g/mol. The Morgan fingerprint density at radius 1 is 2.00 bits per heavy atom. The van der Waals surface area contributed by atoms with Crippen molar-refractivity contribution in [3.8, 4) is 0 Å². The molecule has 5 nitrogen and oxygen atoms in total. The van der Waals surface area contributed by atoms with Gasteiger partial charge in [-0.3, -0.25) is 4.62 Å². The van der Waals surface area contributed by atoms with Gasteiger partial charge in [0.15, 0.2) is 0 Å². The van der Waals surface area contributed by atoms with E-state index < -0.39 is 13.9 Å². The van der Waals surface area contributed by atoms with E-state index in [9.17, 15) is 10.1 Å². The molecule has 1 N–H and O–H groups in total. The van der Waals surface area contributed by atoms with Gasteiger partial charge in [-0.1, -0.05) is 0 Å². The highest BCUT2D eigenvalue weighted by atomic mass is 31.1. The van der Waals surface area contributed by atoms with Crippen LogP contribution in [0.5, 0.6) is 0 Å². The molecule has 7 heavy (non-hydrogen) atoms. The average Bonchev–Trinajstić information content (AvgIpc) is 1.61. The number of rotatable bonds is 3. The Morgan fingerprint density at radius 2 is 2.57 bits per heavy atom. The zero-order valence-corrected chi connectivity index (χ0v) is 4.33.